The van der Waals surface area contributed by atoms with Crippen molar-refractivity contribution >= 4 is 28.8 Å². The molecule has 0 saturated carbocycles. The maximum Gasteiger partial charge on any atom is 0.333 e. The van der Waals surface area contributed by atoms with E-state index in [1.807, 2.05) is 6.07 Å². The van der Waals surface area contributed by atoms with Gasteiger partial charge in [0.1, 0.15) is 11.5 Å². The van der Waals surface area contributed by atoms with Crippen LogP contribution in [0, 0.1) is 28.8 Å². The first kappa shape index (κ1) is 25.0. The third-order valence-corrected chi connectivity index (χ3v) is 5.81. The summed E-state index contributed by atoms with van der Waals surface area (Å²) in [4.78, 5) is 15.9. The summed E-state index contributed by atoms with van der Waals surface area (Å²) in [5.74, 6) is -2.52. The van der Waals surface area contributed by atoms with Crippen molar-refractivity contribution in [2.24, 2.45) is 0 Å². The third kappa shape index (κ3) is 4.71. The third-order valence-electron chi connectivity index (χ3n) is 5.81. The van der Waals surface area contributed by atoms with E-state index >= 15 is 8.78 Å². The summed E-state index contributed by atoms with van der Waals surface area (Å²) in [7, 11) is 0. The van der Waals surface area contributed by atoms with Crippen LogP contribution < -0.4 is 20.4 Å². The summed E-state index contributed by atoms with van der Waals surface area (Å²) >= 11 is 0. The number of hydrogen-bond donors (Lipinski definition) is 3. The number of carbonyl (C=O) groups is 1. The van der Waals surface area contributed by atoms with E-state index in [1.54, 1.807) is 6.92 Å². The molecule has 1 aliphatic rings. The Morgan fingerprint density at radius 1 is 0.944 bits per heavy atom. The maximum atomic E-state index is 15.5. The molecule has 0 atom stereocenters. The van der Waals surface area contributed by atoms with Crippen molar-refractivity contribution in [1.82, 2.24) is 5.32 Å². The van der Waals surface area contributed by atoms with Crippen LogP contribution in [0.15, 0.2) is 48.5 Å². The normalized spacial score (nSPS) is 12.6. The highest BCUT2D eigenvalue weighted by Gasteiger charge is 2.35. The van der Waals surface area contributed by atoms with Crippen molar-refractivity contribution in [3.8, 4) is 17.2 Å². The molecule has 0 saturated heterocycles. The van der Waals surface area contributed by atoms with Crippen LogP contribution in [0.25, 0.3) is 11.1 Å². The number of fused-ring (bicyclic) bond motifs is 3. The second-order valence-electron chi connectivity index (χ2n) is 8.06. The lowest BCUT2D eigenvalue weighted by molar-refractivity contribution is 0.253. The highest BCUT2D eigenvalue weighted by molar-refractivity contribution is 6.15. The highest BCUT2D eigenvalue weighted by atomic mass is 19.1. The Kier molecular flexibility index (Phi) is 7.43. The van der Waals surface area contributed by atoms with Crippen molar-refractivity contribution < 1.29 is 23.1 Å². The average Bonchev–Trinajstić information content (AvgIpc) is 2.95. The number of amides is 2. The zero-order chi connectivity index (χ0) is 25.8. The van der Waals surface area contributed by atoms with Gasteiger partial charge in [0, 0.05) is 43.0 Å². The number of nitrogens with zero attached hydrogens (tertiary/aromatic N) is 3. The van der Waals surface area contributed by atoms with Crippen molar-refractivity contribution in [2.75, 3.05) is 47.9 Å². The van der Waals surface area contributed by atoms with Gasteiger partial charge in [0.15, 0.2) is 11.6 Å². The number of halogens is 3. The molecular formula is C26H24F3N5O2. The van der Waals surface area contributed by atoms with Crippen LogP contribution in [0.5, 0.6) is 0 Å². The van der Waals surface area contributed by atoms with E-state index in [0.29, 0.717) is 36.4 Å². The topological polar surface area (TPSA) is 91.6 Å². The van der Waals surface area contributed by atoms with E-state index in [9.17, 15) is 14.4 Å². The second-order valence-corrected chi connectivity index (χ2v) is 8.06. The Morgan fingerprint density at radius 3 is 2.36 bits per heavy atom. The predicted molar refractivity (Wildman–Crippen MR) is 132 cm³/mol. The molecule has 0 aromatic heterocycles. The van der Waals surface area contributed by atoms with Crippen LogP contribution >= 0.6 is 0 Å². The molecule has 3 aromatic carbocycles. The lowest BCUT2D eigenvalue weighted by Crippen LogP contribution is -2.41. The molecule has 0 fully saturated rings. The van der Waals surface area contributed by atoms with Gasteiger partial charge < -0.3 is 15.7 Å². The van der Waals surface area contributed by atoms with Gasteiger partial charge in [-0.05, 0) is 49.4 Å². The summed E-state index contributed by atoms with van der Waals surface area (Å²) in [6.45, 7) is 3.02. The van der Waals surface area contributed by atoms with E-state index < -0.39 is 29.2 Å². The van der Waals surface area contributed by atoms with E-state index in [0.717, 1.165) is 17.0 Å². The number of hydrogen-bond acceptors (Lipinski definition) is 5. The minimum absolute atomic E-state index is 0.0257. The Morgan fingerprint density at radius 2 is 1.69 bits per heavy atom. The zero-order valence-electron chi connectivity index (χ0n) is 19.5. The van der Waals surface area contributed by atoms with Crippen LogP contribution in [0.4, 0.5) is 40.7 Å². The van der Waals surface area contributed by atoms with Gasteiger partial charge >= 0.3 is 6.03 Å². The van der Waals surface area contributed by atoms with Gasteiger partial charge in [-0.15, -0.1) is 0 Å². The minimum Gasteiger partial charge on any atom is -0.395 e. The fraction of sp³-hybridized carbons (Fsp3) is 0.231. The standard InChI is InChI=1S/C26H24F3N5O2/c1-2-33-23-6-4-17(27)12-20(23)19-5-3-16(15-30)11-24(19)34(26(33)36)25-21(28)13-18(14-22(25)29)32-8-7-31-9-10-35/h3-6,11-14,31-32,35H,2,7-10H2,1H3. The molecule has 1 heterocycles. The summed E-state index contributed by atoms with van der Waals surface area (Å²) in [6.07, 6.45) is 0. The zero-order valence-corrected chi connectivity index (χ0v) is 19.5. The van der Waals surface area contributed by atoms with Gasteiger partial charge in [-0.2, -0.15) is 5.26 Å². The molecule has 0 spiro atoms. The number of aliphatic hydroxyl groups excluding tert-OH is 1. The van der Waals surface area contributed by atoms with Crippen molar-refractivity contribution in [1.29, 1.82) is 5.26 Å². The lowest BCUT2D eigenvalue weighted by atomic mass is 9.99. The maximum absolute atomic E-state index is 15.5. The number of rotatable bonds is 8. The van der Waals surface area contributed by atoms with Crippen molar-refractivity contribution in [3.05, 3.63) is 71.5 Å². The molecule has 0 unspecified atom stereocenters. The van der Waals surface area contributed by atoms with Gasteiger partial charge in [0.25, 0.3) is 0 Å². The van der Waals surface area contributed by atoms with Crippen molar-refractivity contribution in [3.63, 3.8) is 0 Å². The molecular weight excluding hydrogens is 471 g/mol. The predicted octanol–water partition coefficient (Wildman–Crippen LogP) is 4.73. The Hall–Kier alpha value is -4.07. The Balaban J connectivity index is 1.84. The molecule has 36 heavy (non-hydrogen) atoms. The second kappa shape index (κ2) is 10.7. The number of nitriles is 1. The largest absolute Gasteiger partial charge is 0.395 e. The van der Waals surface area contributed by atoms with Crippen LogP contribution in [0.3, 0.4) is 0 Å². The molecule has 1 aliphatic heterocycles. The average molecular weight is 496 g/mol. The number of aliphatic hydroxyl groups is 1. The van der Waals surface area contributed by atoms with Crippen molar-refractivity contribution in [2.45, 2.75) is 6.92 Å². The van der Waals surface area contributed by atoms with Gasteiger partial charge in [-0.3, -0.25) is 9.80 Å². The van der Waals surface area contributed by atoms with E-state index in [4.69, 9.17) is 5.11 Å². The molecule has 7 nitrogen and oxygen atoms in total. The van der Waals surface area contributed by atoms with Crippen LogP contribution in [-0.4, -0.2) is 43.9 Å². The molecule has 10 heteroatoms. The first-order valence-corrected chi connectivity index (χ1v) is 11.4. The lowest BCUT2D eigenvalue weighted by Gasteiger charge is -2.29. The number of carbonyl (C=O) groups excluding carboxylic acids is 1. The quantitative estimate of drug-likeness (QED) is 0.393. The molecule has 3 N–H and O–H groups in total. The van der Waals surface area contributed by atoms with Gasteiger partial charge in [0.05, 0.1) is 29.6 Å². The van der Waals surface area contributed by atoms with Crippen LogP contribution in [0.2, 0.25) is 0 Å². The Bertz CT molecular complexity index is 1320. The van der Waals surface area contributed by atoms with Gasteiger partial charge in [-0.1, -0.05) is 6.07 Å². The van der Waals surface area contributed by atoms with Gasteiger partial charge in [-0.25, -0.2) is 18.0 Å². The number of anilines is 4. The smallest absolute Gasteiger partial charge is 0.333 e. The highest BCUT2D eigenvalue weighted by Crippen LogP contribution is 2.46. The Labute approximate surface area is 206 Å². The fourth-order valence-electron chi connectivity index (χ4n) is 4.20. The van der Waals surface area contributed by atoms with E-state index in [-0.39, 0.29) is 30.1 Å². The minimum atomic E-state index is -0.990. The summed E-state index contributed by atoms with van der Waals surface area (Å²) in [5, 5.41) is 24.1. The molecule has 4 rings (SSSR count). The summed E-state index contributed by atoms with van der Waals surface area (Å²) < 4.78 is 45.2. The monoisotopic (exact) mass is 495 g/mol. The SMILES string of the molecule is CCN1C(=O)N(c2c(F)cc(NCCNCCO)cc2F)c2cc(C#N)ccc2-c2cc(F)ccc21. The van der Waals surface area contributed by atoms with Crippen LogP contribution in [-0.2, 0) is 0 Å². The van der Waals surface area contributed by atoms with E-state index in [1.165, 1.54) is 41.3 Å². The molecule has 186 valence electrons. The first-order chi connectivity index (χ1) is 17.4. The summed E-state index contributed by atoms with van der Waals surface area (Å²) in [6, 6.07) is 11.7. The molecule has 0 radical (unpaired) electrons. The number of nitrogens with one attached hydrogen (secondary N) is 2. The van der Waals surface area contributed by atoms with Crippen LogP contribution in [0.1, 0.15) is 12.5 Å². The molecule has 2 amide bonds. The molecule has 3 aromatic rings. The summed E-state index contributed by atoms with van der Waals surface area (Å²) in [5.41, 5.74) is 0.896. The number of urea groups is 1. The van der Waals surface area contributed by atoms with Gasteiger partial charge in [0.2, 0.25) is 0 Å². The first-order valence-electron chi connectivity index (χ1n) is 11.4. The van der Waals surface area contributed by atoms with E-state index in [2.05, 4.69) is 10.6 Å². The number of benzene rings is 3. The molecule has 0 bridgehead atoms. The molecule has 0 aliphatic carbocycles. The fourth-order valence-corrected chi connectivity index (χ4v) is 4.20.